The maximum absolute atomic E-state index is 11.5. The van der Waals surface area contributed by atoms with E-state index in [0.29, 0.717) is 24.7 Å². The molecule has 0 spiro atoms. The molecule has 0 saturated heterocycles. The lowest BCUT2D eigenvalue weighted by Crippen LogP contribution is -2.30. The Kier molecular flexibility index (Phi) is 5.99. The van der Waals surface area contributed by atoms with Gasteiger partial charge < -0.3 is 14.6 Å². The molecule has 96 valence electrons. The monoisotopic (exact) mass is 259 g/mol. The highest BCUT2D eigenvalue weighted by molar-refractivity contribution is 7.99. The van der Waals surface area contributed by atoms with E-state index in [2.05, 4.69) is 15.5 Å². The van der Waals surface area contributed by atoms with Gasteiger partial charge in [0, 0.05) is 13.5 Å². The smallest absolute Gasteiger partial charge is 0.246 e. The first kappa shape index (κ1) is 14.0. The van der Waals surface area contributed by atoms with Crippen LogP contribution in [0.15, 0.2) is 4.52 Å². The predicted molar refractivity (Wildman–Crippen MR) is 64.7 cm³/mol. The van der Waals surface area contributed by atoms with Gasteiger partial charge in [-0.2, -0.15) is 16.7 Å². The molecule has 1 heterocycles. The number of amides is 1. The Morgan fingerprint density at radius 1 is 1.65 bits per heavy atom. The number of thioether (sulfide) groups is 1. The van der Waals surface area contributed by atoms with Gasteiger partial charge in [0.25, 0.3) is 0 Å². The number of nitrogens with one attached hydrogen (secondary N) is 1. The van der Waals surface area contributed by atoms with E-state index in [-0.39, 0.29) is 17.7 Å². The number of rotatable bonds is 7. The van der Waals surface area contributed by atoms with E-state index in [1.807, 2.05) is 13.2 Å². The van der Waals surface area contributed by atoms with Crippen molar-refractivity contribution in [2.75, 3.05) is 20.0 Å². The molecule has 7 heteroatoms. The molecule has 1 amide bonds. The summed E-state index contributed by atoms with van der Waals surface area (Å²) in [6.07, 6.45) is 2.49. The largest absolute Gasteiger partial charge is 0.384 e. The van der Waals surface area contributed by atoms with Crippen molar-refractivity contribution in [1.82, 2.24) is 15.5 Å². The Morgan fingerprint density at radius 2 is 2.41 bits per heavy atom. The molecule has 0 fully saturated rings. The minimum atomic E-state index is -0.0779. The van der Waals surface area contributed by atoms with Crippen molar-refractivity contribution in [2.45, 2.75) is 25.1 Å². The molecular formula is C10H17N3O3S. The number of methoxy groups -OCH3 is 1. The summed E-state index contributed by atoms with van der Waals surface area (Å²) < 4.78 is 9.89. The highest BCUT2D eigenvalue weighted by atomic mass is 32.2. The second-order valence-corrected chi connectivity index (χ2v) is 4.62. The molecule has 0 aromatic carbocycles. The Bertz CT molecular complexity index is 356. The van der Waals surface area contributed by atoms with E-state index in [9.17, 15) is 4.79 Å². The van der Waals surface area contributed by atoms with Gasteiger partial charge in [0.15, 0.2) is 5.82 Å². The third-order valence-electron chi connectivity index (χ3n) is 2.18. The molecule has 17 heavy (non-hydrogen) atoms. The van der Waals surface area contributed by atoms with E-state index < -0.39 is 0 Å². The first-order valence-electron chi connectivity index (χ1n) is 5.28. The fourth-order valence-corrected chi connectivity index (χ4v) is 1.37. The van der Waals surface area contributed by atoms with Gasteiger partial charge in [0.2, 0.25) is 11.8 Å². The van der Waals surface area contributed by atoms with Crippen LogP contribution in [-0.2, 0) is 22.5 Å². The molecule has 0 bridgehead atoms. The SMILES string of the molecule is COCCc1noc(CNC(=O)[C@H](C)SC)n1. The summed E-state index contributed by atoms with van der Waals surface area (Å²) in [7, 11) is 1.62. The standard InChI is InChI=1S/C10H17N3O3S/c1-7(17-3)10(14)11-6-9-12-8(13-16-9)4-5-15-2/h7H,4-6H2,1-3H3,(H,11,14)/t7-/m0/s1. The van der Waals surface area contributed by atoms with Crippen LogP contribution in [0.2, 0.25) is 0 Å². The van der Waals surface area contributed by atoms with Crippen molar-refractivity contribution >= 4 is 17.7 Å². The number of hydrogen-bond acceptors (Lipinski definition) is 6. The van der Waals surface area contributed by atoms with Gasteiger partial charge in [-0.15, -0.1) is 0 Å². The van der Waals surface area contributed by atoms with Gasteiger partial charge in [-0.3, -0.25) is 4.79 Å². The molecular weight excluding hydrogens is 242 g/mol. The lowest BCUT2D eigenvalue weighted by molar-refractivity contribution is -0.120. The predicted octanol–water partition coefficient (Wildman–Crippen LogP) is 0.626. The molecule has 1 rings (SSSR count). The number of aromatic nitrogens is 2. The highest BCUT2D eigenvalue weighted by Gasteiger charge is 2.12. The third kappa shape index (κ3) is 4.74. The first-order valence-corrected chi connectivity index (χ1v) is 6.57. The van der Waals surface area contributed by atoms with Crippen LogP contribution in [0.25, 0.3) is 0 Å². The second-order valence-electron chi connectivity index (χ2n) is 3.44. The molecule has 0 radical (unpaired) electrons. The molecule has 1 aromatic heterocycles. The van der Waals surface area contributed by atoms with E-state index in [4.69, 9.17) is 9.26 Å². The molecule has 0 aliphatic heterocycles. The number of carbonyl (C=O) groups is 1. The average molecular weight is 259 g/mol. The van der Waals surface area contributed by atoms with Crippen LogP contribution in [0.5, 0.6) is 0 Å². The van der Waals surface area contributed by atoms with Crippen LogP contribution in [0, 0.1) is 0 Å². The molecule has 0 aliphatic rings. The summed E-state index contributed by atoms with van der Waals surface area (Å²) >= 11 is 1.49. The second kappa shape index (κ2) is 7.29. The van der Waals surface area contributed by atoms with Gasteiger partial charge in [0.05, 0.1) is 18.4 Å². The summed E-state index contributed by atoms with van der Waals surface area (Å²) in [6, 6.07) is 0. The third-order valence-corrected chi connectivity index (χ3v) is 3.10. The van der Waals surface area contributed by atoms with Crippen LogP contribution >= 0.6 is 11.8 Å². The Labute approximate surface area is 104 Å². The van der Waals surface area contributed by atoms with Crippen molar-refractivity contribution in [2.24, 2.45) is 0 Å². The number of carbonyl (C=O) groups excluding carboxylic acids is 1. The van der Waals surface area contributed by atoms with Gasteiger partial charge in [-0.25, -0.2) is 0 Å². The van der Waals surface area contributed by atoms with Crippen molar-refractivity contribution in [1.29, 1.82) is 0 Å². The Balaban J connectivity index is 2.36. The minimum Gasteiger partial charge on any atom is -0.384 e. The molecule has 0 unspecified atom stereocenters. The maximum Gasteiger partial charge on any atom is 0.246 e. The zero-order valence-corrected chi connectivity index (χ0v) is 11.0. The normalized spacial score (nSPS) is 12.4. The summed E-state index contributed by atoms with van der Waals surface area (Å²) in [5.74, 6) is 0.973. The van der Waals surface area contributed by atoms with Crippen molar-refractivity contribution in [3.63, 3.8) is 0 Å². The molecule has 1 N–H and O–H groups in total. The molecule has 1 aromatic rings. The number of hydrogen-bond donors (Lipinski definition) is 1. The molecule has 6 nitrogen and oxygen atoms in total. The van der Waals surface area contributed by atoms with Crippen LogP contribution in [-0.4, -0.2) is 41.3 Å². The van der Waals surface area contributed by atoms with Crippen LogP contribution in [0.4, 0.5) is 0 Å². The van der Waals surface area contributed by atoms with Crippen molar-refractivity contribution in [3.05, 3.63) is 11.7 Å². The van der Waals surface area contributed by atoms with Crippen LogP contribution in [0.1, 0.15) is 18.6 Å². The Morgan fingerprint density at radius 3 is 3.06 bits per heavy atom. The van der Waals surface area contributed by atoms with E-state index in [0.717, 1.165) is 0 Å². The fourth-order valence-electron chi connectivity index (χ4n) is 1.07. The van der Waals surface area contributed by atoms with Gasteiger partial charge >= 0.3 is 0 Å². The maximum atomic E-state index is 11.5. The Hall–Kier alpha value is -1.08. The first-order chi connectivity index (χ1) is 8.17. The van der Waals surface area contributed by atoms with E-state index >= 15 is 0 Å². The van der Waals surface area contributed by atoms with Crippen LogP contribution < -0.4 is 5.32 Å². The minimum absolute atomic E-state index is 0.0332. The molecule has 0 aliphatic carbocycles. The fraction of sp³-hybridized carbons (Fsp3) is 0.700. The quantitative estimate of drug-likeness (QED) is 0.773. The number of nitrogens with zero attached hydrogens (tertiary/aromatic N) is 2. The van der Waals surface area contributed by atoms with Gasteiger partial charge in [0.1, 0.15) is 0 Å². The molecule has 1 atom stereocenters. The van der Waals surface area contributed by atoms with E-state index in [1.165, 1.54) is 11.8 Å². The van der Waals surface area contributed by atoms with E-state index in [1.54, 1.807) is 7.11 Å². The topological polar surface area (TPSA) is 77.3 Å². The lowest BCUT2D eigenvalue weighted by atomic mass is 10.4. The lowest BCUT2D eigenvalue weighted by Gasteiger charge is -2.06. The van der Waals surface area contributed by atoms with Gasteiger partial charge in [-0.1, -0.05) is 5.16 Å². The van der Waals surface area contributed by atoms with Gasteiger partial charge in [-0.05, 0) is 13.2 Å². The summed E-state index contributed by atoms with van der Waals surface area (Å²) in [5.41, 5.74) is 0. The highest BCUT2D eigenvalue weighted by Crippen LogP contribution is 2.05. The summed E-state index contributed by atoms with van der Waals surface area (Å²) in [4.78, 5) is 15.6. The molecule has 0 saturated carbocycles. The van der Waals surface area contributed by atoms with Crippen LogP contribution in [0.3, 0.4) is 0 Å². The zero-order valence-electron chi connectivity index (χ0n) is 10.2. The average Bonchev–Trinajstić information content (AvgIpc) is 2.80. The number of ether oxygens (including phenoxy) is 1. The van der Waals surface area contributed by atoms with Crippen molar-refractivity contribution in [3.8, 4) is 0 Å². The summed E-state index contributed by atoms with van der Waals surface area (Å²) in [5, 5.41) is 6.43. The van der Waals surface area contributed by atoms with Crippen molar-refractivity contribution < 1.29 is 14.1 Å². The summed E-state index contributed by atoms with van der Waals surface area (Å²) in [6.45, 7) is 2.66. The zero-order chi connectivity index (χ0) is 12.7.